The molecule has 110 valence electrons. The quantitative estimate of drug-likeness (QED) is 0.754. The van der Waals surface area contributed by atoms with Gasteiger partial charge in [-0.05, 0) is 11.6 Å². The van der Waals surface area contributed by atoms with Crippen LogP contribution in [0.5, 0.6) is 0 Å². The van der Waals surface area contributed by atoms with Crippen molar-refractivity contribution in [2.75, 3.05) is 32.7 Å². The van der Waals surface area contributed by atoms with E-state index in [1.807, 2.05) is 0 Å². The van der Waals surface area contributed by atoms with E-state index in [2.05, 4.69) is 5.32 Å². The van der Waals surface area contributed by atoms with Crippen molar-refractivity contribution in [1.82, 2.24) is 15.1 Å². The Morgan fingerprint density at radius 1 is 1.14 bits per heavy atom. The molecule has 0 aliphatic carbocycles. The minimum Gasteiger partial charge on any atom is -0.339 e. The molecule has 1 aromatic rings. The number of nitrogens with zero attached hydrogens (tertiary/aromatic N) is 2. The van der Waals surface area contributed by atoms with Gasteiger partial charge in [0.2, 0.25) is 11.8 Å². The summed E-state index contributed by atoms with van der Waals surface area (Å²) in [7, 11) is 0. The average molecular weight is 287 g/mol. The molecular formula is C15H17N3O3. The molecule has 0 saturated carbocycles. The average Bonchev–Trinajstić information content (AvgIpc) is 2.52. The minimum atomic E-state index is -0.370. The number of carbonyl (C=O) groups excluding carboxylic acids is 3. The second-order valence-electron chi connectivity index (χ2n) is 5.25. The number of hydrogen-bond acceptors (Lipinski definition) is 4. The fraction of sp³-hybridized carbons (Fsp3) is 0.400. The second kappa shape index (κ2) is 5.65. The van der Waals surface area contributed by atoms with Crippen LogP contribution in [0.4, 0.5) is 0 Å². The zero-order valence-corrected chi connectivity index (χ0v) is 11.7. The van der Waals surface area contributed by atoms with Gasteiger partial charge in [-0.25, -0.2) is 0 Å². The zero-order chi connectivity index (χ0) is 14.8. The largest absolute Gasteiger partial charge is 0.339 e. The number of nitrogens with one attached hydrogen (secondary N) is 1. The summed E-state index contributed by atoms with van der Waals surface area (Å²) >= 11 is 0. The van der Waals surface area contributed by atoms with Gasteiger partial charge in [-0.3, -0.25) is 19.3 Å². The summed E-state index contributed by atoms with van der Waals surface area (Å²) in [6.45, 7) is 2.57. The first kappa shape index (κ1) is 13.8. The van der Waals surface area contributed by atoms with Gasteiger partial charge in [0, 0.05) is 31.7 Å². The molecule has 0 atom stereocenters. The lowest BCUT2D eigenvalue weighted by molar-refractivity contribution is -0.138. The van der Waals surface area contributed by atoms with Crippen LogP contribution in [0.15, 0.2) is 24.3 Å². The summed E-state index contributed by atoms with van der Waals surface area (Å²) < 4.78 is 0. The normalized spacial score (nSPS) is 18.7. The topological polar surface area (TPSA) is 69.7 Å². The summed E-state index contributed by atoms with van der Waals surface area (Å²) in [6.07, 6.45) is 0.177. The number of imide groups is 1. The lowest BCUT2D eigenvalue weighted by Gasteiger charge is -2.31. The van der Waals surface area contributed by atoms with E-state index in [-0.39, 0.29) is 30.7 Å². The molecule has 6 nitrogen and oxygen atoms in total. The first-order chi connectivity index (χ1) is 10.2. The molecule has 3 amide bonds. The van der Waals surface area contributed by atoms with Gasteiger partial charge in [-0.1, -0.05) is 18.2 Å². The van der Waals surface area contributed by atoms with Gasteiger partial charge in [0.1, 0.15) is 6.54 Å². The molecule has 1 N–H and O–H groups in total. The Balaban J connectivity index is 1.75. The fourth-order valence-electron chi connectivity index (χ4n) is 2.71. The molecule has 2 heterocycles. The van der Waals surface area contributed by atoms with Crippen LogP contribution in [0.3, 0.4) is 0 Å². The molecule has 2 aliphatic heterocycles. The molecule has 3 rings (SSSR count). The highest BCUT2D eigenvalue weighted by molar-refractivity contribution is 6.11. The van der Waals surface area contributed by atoms with Gasteiger partial charge in [-0.15, -0.1) is 0 Å². The predicted octanol–water partition coefficient (Wildman–Crippen LogP) is -0.357. The SMILES string of the molecule is O=C(CN1C(=O)Cc2ccccc2C1=O)N1CCNCC1. The number of rotatable bonds is 2. The van der Waals surface area contributed by atoms with Crippen LogP contribution < -0.4 is 5.32 Å². The standard InChI is InChI=1S/C15H17N3O3/c19-13-9-11-3-1-2-4-12(11)15(21)18(13)10-14(20)17-7-5-16-6-8-17/h1-4,16H,5-10H2. The Morgan fingerprint density at radius 2 is 1.86 bits per heavy atom. The number of benzene rings is 1. The Kier molecular flexibility index (Phi) is 3.70. The molecular weight excluding hydrogens is 270 g/mol. The fourth-order valence-corrected chi connectivity index (χ4v) is 2.71. The predicted molar refractivity (Wildman–Crippen MR) is 75.6 cm³/mol. The molecule has 0 spiro atoms. The highest BCUT2D eigenvalue weighted by Crippen LogP contribution is 2.19. The number of amides is 3. The van der Waals surface area contributed by atoms with Crippen molar-refractivity contribution >= 4 is 17.7 Å². The lowest BCUT2D eigenvalue weighted by atomic mass is 9.98. The van der Waals surface area contributed by atoms with E-state index in [4.69, 9.17) is 0 Å². The van der Waals surface area contributed by atoms with E-state index in [0.717, 1.165) is 23.6 Å². The van der Waals surface area contributed by atoms with E-state index >= 15 is 0 Å². The molecule has 0 bridgehead atoms. The smallest absolute Gasteiger partial charge is 0.261 e. The molecule has 1 saturated heterocycles. The zero-order valence-electron chi connectivity index (χ0n) is 11.7. The summed E-state index contributed by atoms with van der Waals surface area (Å²) in [5.74, 6) is -0.842. The maximum atomic E-state index is 12.4. The Labute approximate surface area is 122 Å². The minimum absolute atomic E-state index is 0.161. The Morgan fingerprint density at radius 3 is 2.62 bits per heavy atom. The second-order valence-corrected chi connectivity index (χ2v) is 5.25. The third kappa shape index (κ3) is 2.67. The first-order valence-corrected chi connectivity index (χ1v) is 7.08. The molecule has 21 heavy (non-hydrogen) atoms. The van der Waals surface area contributed by atoms with Gasteiger partial charge < -0.3 is 10.2 Å². The van der Waals surface area contributed by atoms with E-state index in [0.29, 0.717) is 18.7 Å². The van der Waals surface area contributed by atoms with Crippen molar-refractivity contribution in [3.05, 3.63) is 35.4 Å². The molecule has 0 aromatic heterocycles. The van der Waals surface area contributed by atoms with Crippen molar-refractivity contribution in [3.8, 4) is 0 Å². The van der Waals surface area contributed by atoms with E-state index in [1.165, 1.54) is 0 Å². The molecule has 6 heteroatoms. The molecule has 0 unspecified atom stereocenters. The van der Waals surface area contributed by atoms with Crippen LogP contribution in [-0.4, -0.2) is 60.2 Å². The van der Waals surface area contributed by atoms with Crippen LogP contribution in [0, 0.1) is 0 Å². The highest BCUT2D eigenvalue weighted by atomic mass is 16.2. The van der Waals surface area contributed by atoms with Crippen molar-refractivity contribution in [2.24, 2.45) is 0 Å². The van der Waals surface area contributed by atoms with Crippen molar-refractivity contribution in [2.45, 2.75) is 6.42 Å². The summed E-state index contributed by atoms with van der Waals surface area (Å²) in [5, 5.41) is 3.16. The Bertz CT molecular complexity index is 594. The highest BCUT2D eigenvalue weighted by Gasteiger charge is 2.33. The Hall–Kier alpha value is -2.21. The number of fused-ring (bicyclic) bond motifs is 1. The van der Waals surface area contributed by atoms with Gasteiger partial charge >= 0.3 is 0 Å². The van der Waals surface area contributed by atoms with E-state index < -0.39 is 0 Å². The van der Waals surface area contributed by atoms with Crippen LogP contribution in [0.1, 0.15) is 15.9 Å². The third-order valence-electron chi connectivity index (χ3n) is 3.90. The molecule has 1 aromatic carbocycles. The number of carbonyl (C=O) groups is 3. The molecule has 2 aliphatic rings. The van der Waals surface area contributed by atoms with E-state index in [9.17, 15) is 14.4 Å². The lowest BCUT2D eigenvalue weighted by Crippen LogP contribution is -2.52. The van der Waals surface area contributed by atoms with Crippen LogP contribution >= 0.6 is 0 Å². The summed E-state index contributed by atoms with van der Waals surface area (Å²) in [6, 6.07) is 7.05. The summed E-state index contributed by atoms with van der Waals surface area (Å²) in [5.41, 5.74) is 1.25. The molecule has 0 radical (unpaired) electrons. The maximum absolute atomic E-state index is 12.4. The van der Waals surface area contributed by atoms with Gasteiger partial charge in [0.25, 0.3) is 5.91 Å². The van der Waals surface area contributed by atoms with Crippen LogP contribution in [0.2, 0.25) is 0 Å². The first-order valence-electron chi connectivity index (χ1n) is 7.08. The third-order valence-corrected chi connectivity index (χ3v) is 3.90. The van der Waals surface area contributed by atoms with Crippen LogP contribution in [0.25, 0.3) is 0 Å². The maximum Gasteiger partial charge on any atom is 0.261 e. The van der Waals surface area contributed by atoms with Crippen molar-refractivity contribution < 1.29 is 14.4 Å². The van der Waals surface area contributed by atoms with Gasteiger partial charge in [0.15, 0.2) is 0 Å². The monoisotopic (exact) mass is 287 g/mol. The van der Waals surface area contributed by atoms with Gasteiger partial charge in [-0.2, -0.15) is 0 Å². The molecule has 1 fully saturated rings. The van der Waals surface area contributed by atoms with Crippen LogP contribution in [-0.2, 0) is 16.0 Å². The van der Waals surface area contributed by atoms with Gasteiger partial charge in [0.05, 0.1) is 6.42 Å². The number of hydrogen-bond donors (Lipinski definition) is 1. The van der Waals surface area contributed by atoms with E-state index in [1.54, 1.807) is 29.2 Å². The van der Waals surface area contributed by atoms with Crippen molar-refractivity contribution in [3.63, 3.8) is 0 Å². The van der Waals surface area contributed by atoms with Crippen molar-refractivity contribution in [1.29, 1.82) is 0 Å². The number of piperazine rings is 1. The summed E-state index contributed by atoms with van der Waals surface area (Å²) in [4.78, 5) is 39.5.